The van der Waals surface area contributed by atoms with E-state index in [1.54, 1.807) is 30.3 Å². The van der Waals surface area contributed by atoms with Crippen LogP contribution < -0.4 is 5.32 Å². The van der Waals surface area contributed by atoms with Crippen molar-refractivity contribution >= 4 is 23.0 Å². The molecule has 0 radical (unpaired) electrons. The van der Waals surface area contributed by atoms with Crippen LogP contribution in [0.4, 0.5) is 4.39 Å². The van der Waals surface area contributed by atoms with E-state index in [4.69, 9.17) is 14.5 Å². The second-order valence-corrected chi connectivity index (χ2v) is 6.15. The van der Waals surface area contributed by atoms with E-state index in [2.05, 4.69) is 20.8 Å². The van der Waals surface area contributed by atoms with Crippen molar-refractivity contribution in [1.82, 2.24) is 5.32 Å². The Morgan fingerprint density at radius 2 is 1.61 bits per heavy atom. The highest BCUT2D eigenvalue weighted by atomic mass is 19.1. The van der Waals surface area contributed by atoms with E-state index in [0.717, 1.165) is 0 Å². The van der Waals surface area contributed by atoms with Crippen molar-refractivity contribution in [2.24, 2.45) is 15.5 Å². The monoisotopic (exact) mass is 428 g/mol. The third-order valence-electron chi connectivity index (χ3n) is 4.20. The fraction of sp³-hybridized carbons (Fsp3) is 0.273. The maximum Gasteiger partial charge on any atom is 0.273 e. The Labute approximate surface area is 180 Å². The molecule has 0 spiro atoms. The molecule has 0 fully saturated rings. The van der Waals surface area contributed by atoms with Crippen LogP contribution >= 0.6 is 0 Å². The van der Waals surface area contributed by atoms with Gasteiger partial charge in [-0.3, -0.25) is 4.79 Å². The van der Waals surface area contributed by atoms with Crippen molar-refractivity contribution in [3.05, 3.63) is 71.0 Å². The second-order valence-electron chi connectivity index (χ2n) is 6.15. The summed E-state index contributed by atoms with van der Waals surface area (Å²) in [6.07, 6.45) is 0.496. The molecular weight excluding hydrogens is 403 g/mol. The minimum Gasteiger partial charge on any atom is -0.399 e. The lowest BCUT2D eigenvalue weighted by molar-refractivity contribution is -0.114. The van der Waals surface area contributed by atoms with Gasteiger partial charge in [0.25, 0.3) is 5.91 Å². The fourth-order valence-electron chi connectivity index (χ4n) is 2.73. The zero-order valence-electron chi connectivity index (χ0n) is 17.9. The van der Waals surface area contributed by atoms with Crippen molar-refractivity contribution in [2.45, 2.75) is 20.0 Å². The largest absolute Gasteiger partial charge is 0.399 e. The molecule has 0 unspecified atom stereocenters. The first-order valence-corrected chi connectivity index (χ1v) is 9.53. The van der Waals surface area contributed by atoms with Crippen LogP contribution in [0.1, 0.15) is 30.0 Å². The van der Waals surface area contributed by atoms with Crippen molar-refractivity contribution in [1.29, 1.82) is 0 Å². The molecule has 0 aromatic heterocycles. The lowest BCUT2D eigenvalue weighted by Gasteiger charge is -2.11. The molecule has 0 heterocycles. The van der Waals surface area contributed by atoms with Crippen molar-refractivity contribution < 1.29 is 23.7 Å². The maximum atomic E-state index is 13.3. The quantitative estimate of drug-likeness (QED) is 0.464. The van der Waals surface area contributed by atoms with E-state index in [1.807, 2.05) is 13.0 Å². The second kappa shape index (κ2) is 12.1. The Bertz CT molecular complexity index is 972. The molecule has 2 aromatic carbocycles. The summed E-state index contributed by atoms with van der Waals surface area (Å²) in [7, 11) is 4.30. The van der Waals surface area contributed by atoms with Gasteiger partial charge in [-0.2, -0.15) is 0 Å². The Morgan fingerprint density at radius 3 is 2.23 bits per heavy atom. The number of amides is 1. The smallest absolute Gasteiger partial charge is 0.273 e. The molecule has 2 aromatic rings. The van der Waals surface area contributed by atoms with E-state index in [0.29, 0.717) is 34.5 Å². The first-order valence-electron chi connectivity index (χ1n) is 9.53. The van der Waals surface area contributed by atoms with Gasteiger partial charge in [-0.05, 0) is 30.7 Å². The first-order chi connectivity index (χ1) is 15.0. The van der Waals surface area contributed by atoms with Gasteiger partial charge >= 0.3 is 0 Å². The molecule has 8 nitrogen and oxygen atoms in total. The number of hydrogen-bond donors (Lipinski definition) is 1. The van der Waals surface area contributed by atoms with Gasteiger partial charge in [-0.1, -0.05) is 46.7 Å². The van der Waals surface area contributed by atoms with E-state index in [-0.39, 0.29) is 18.1 Å². The van der Waals surface area contributed by atoms with Crippen LogP contribution in [0.5, 0.6) is 0 Å². The Kier molecular flexibility index (Phi) is 9.15. The highest BCUT2D eigenvalue weighted by molar-refractivity contribution is 6.48. The number of carbonyl (C=O) groups is 1. The van der Waals surface area contributed by atoms with Gasteiger partial charge in [-0.15, -0.1) is 0 Å². The van der Waals surface area contributed by atoms with Gasteiger partial charge in [-0.25, -0.2) is 4.39 Å². The summed E-state index contributed by atoms with van der Waals surface area (Å²) >= 11 is 0. The molecule has 0 aliphatic carbocycles. The molecule has 0 aliphatic rings. The van der Waals surface area contributed by atoms with Crippen LogP contribution in [-0.2, 0) is 25.9 Å². The summed E-state index contributed by atoms with van der Waals surface area (Å²) in [5.41, 5.74) is 2.96. The zero-order chi connectivity index (χ0) is 22.6. The third kappa shape index (κ3) is 6.36. The predicted molar refractivity (Wildman–Crippen MR) is 117 cm³/mol. The van der Waals surface area contributed by atoms with Crippen molar-refractivity contribution in [2.75, 3.05) is 21.3 Å². The normalized spacial score (nSPS) is 12.4. The number of nitrogens with one attached hydrogen (secondary N) is 1. The molecule has 1 N–H and O–H groups in total. The third-order valence-corrected chi connectivity index (χ3v) is 4.20. The number of halogens is 1. The topological polar surface area (TPSA) is 93.9 Å². The summed E-state index contributed by atoms with van der Waals surface area (Å²) < 4.78 is 13.3. The van der Waals surface area contributed by atoms with E-state index in [1.165, 1.54) is 33.4 Å². The number of hydrogen-bond acceptors (Lipinski definition) is 7. The van der Waals surface area contributed by atoms with Gasteiger partial charge in [0.15, 0.2) is 5.71 Å². The van der Waals surface area contributed by atoms with Gasteiger partial charge < -0.3 is 19.8 Å². The highest BCUT2D eigenvalue weighted by Gasteiger charge is 2.18. The molecule has 2 rings (SSSR count). The lowest BCUT2D eigenvalue weighted by Crippen LogP contribution is -2.29. The Hall–Kier alpha value is -3.75. The minimum absolute atomic E-state index is 0.0725. The van der Waals surface area contributed by atoms with Gasteiger partial charge in [0.1, 0.15) is 38.1 Å². The van der Waals surface area contributed by atoms with E-state index >= 15 is 0 Å². The van der Waals surface area contributed by atoms with Crippen LogP contribution in [0.25, 0.3) is 0 Å². The van der Waals surface area contributed by atoms with E-state index in [9.17, 15) is 9.18 Å². The highest BCUT2D eigenvalue weighted by Crippen LogP contribution is 2.14. The van der Waals surface area contributed by atoms with Crippen molar-refractivity contribution in [3.8, 4) is 0 Å². The number of nitrogens with zero attached hydrogens (tertiary/aromatic N) is 3. The van der Waals surface area contributed by atoms with Crippen LogP contribution in [0, 0.1) is 5.82 Å². The van der Waals surface area contributed by atoms with Gasteiger partial charge in [0.05, 0.1) is 0 Å². The Morgan fingerprint density at radius 1 is 0.968 bits per heavy atom. The molecule has 0 saturated carbocycles. The van der Waals surface area contributed by atoms with E-state index < -0.39 is 5.91 Å². The Balaban J connectivity index is 2.29. The number of likely N-dealkylation sites (N-methyl/N-ethyl adjacent to an activating group) is 1. The molecular formula is C22H25FN4O4. The van der Waals surface area contributed by atoms with Crippen LogP contribution in [0.3, 0.4) is 0 Å². The number of oxime groups is 3. The molecule has 164 valence electrons. The zero-order valence-corrected chi connectivity index (χ0v) is 17.9. The van der Waals surface area contributed by atoms with Crippen molar-refractivity contribution in [3.63, 3.8) is 0 Å². The summed E-state index contributed by atoms with van der Waals surface area (Å²) in [4.78, 5) is 27.5. The van der Waals surface area contributed by atoms with Gasteiger partial charge in [0, 0.05) is 23.7 Å². The summed E-state index contributed by atoms with van der Waals surface area (Å²) in [6, 6.07) is 13.0. The van der Waals surface area contributed by atoms with Crippen LogP contribution in [0.15, 0.2) is 64.0 Å². The molecule has 0 saturated heterocycles. The number of benzene rings is 2. The molecule has 1 amide bonds. The minimum atomic E-state index is -0.391. The molecule has 0 bridgehead atoms. The number of carbonyl (C=O) groups excluding carboxylic acids is 1. The summed E-state index contributed by atoms with van der Waals surface area (Å²) in [5.74, 6) is -0.745. The average Bonchev–Trinajstić information content (AvgIpc) is 2.80. The molecule has 0 atom stereocenters. The predicted octanol–water partition coefficient (Wildman–Crippen LogP) is 3.26. The molecule has 31 heavy (non-hydrogen) atoms. The SMILES string of the molecule is CCC(=N\OCc1ccccc1/C(=N/OC)C(=O)NC)/C(=N\OC)c1ccc(F)cc1. The summed E-state index contributed by atoms with van der Waals surface area (Å²) in [6.45, 7) is 1.96. The van der Waals surface area contributed by atoms with Crippen LogP contribution in [-0.4, -0.2) is 44.3 Å². The maximum absolute atomic E-state index is 13.3. The van der Waals surface area contributed by atoms with Gasteiger partial charge in [0.2, 0.25) is 0 Å². The fourth-order valence-corrected chi connectivity index (χ4v) is 2.73. The first kappa shape index (κ1) is 23.5. The molecule has 0 aliphatic heterocycles. The molecule has 9 heteroatoms. The lowest BCUT2D eigenvalue weighted by atomic mass is 10.0. The van der Waals surface area contributed by atoms with Crippen LogP contribution in [0.2, 0.25) is 0 Å². The number of rotatable bonds is 10. The standard InChI is InChI=1S/C22H25FN4O4/c1-5-19(20(26-29-3)15-10-12-17(23)13-11-15)25-31-14-16-8-6-7-9-18(16)21(27-30-4)22(28)24-2/h6-13H,5,14H2,1-4H3,(H,24,28)/b25-19+,26-20-,27-21-. The average molecular weight is 428 g/mol. The summed E-state index contributed by atoms with van der Waals surface area (Å²) in [5, 5.41) is 14.6.